The van der Waals surface area contributed by atoms with E-state index in [2.05, 4.69) is 31.3 Å². The minimum atomic E-state index is -2.31. The SMILES string of the molecule is CCCCCCCC/C=C\CCCCCCCC(=O)N(C(=O)CCCCCCCCCCCCCCC)C(=O)C(N)(CN)C(=O)[C@@H](N)CCCNC(=N)N. The molecule has 1 unspecified atom stereocenters. The Labute approximate surface area is 329 Å². The van der Waals surface area contributed by atoms with Gasteiger partial charge >= 0.3 is 0 Å². The van der Waals surface area contributed by atoms with Gasteiger partial charge in [0.1, 0.15) is 0 Å². The lowest BCUT2D eigenvalue weighted by molar-refractivity contribution is -0.158. The van der Waals surface area contributed by atoms with E-state index in [9.17, 15) is 19.2 Å². The van der Waals surface area contributed by atoms with Crippen LogP contribution in [0.25, 0.3) is 0 Å². The maximum Gasteiger partial charge on any atom is 0.265 e. The van der Waals surface area contributed by atoms with Gasteiger partial charge in [-0.1, -0.05) is 154 Å². The lowest BCUT2D eigenvalue weighted by Gasteiger charge is -2.32. The number of imide groups is 3. The van der Waals surface area contributed by atoms with E-state index in [0.717, 1.165) is 57.8 Å². The third-order valence-corrected chi connectivity index (χ3v) is 10.3. The van der Waals surface area contributed by atoms with Crippen LogP contribution >= 0.6 is 0 Å². The maximum atomic E-state index is 13.9. The average molecular weight is 762 g/mol. The minimum Gasteiger partial charge on any atom is -0.370 e. The van der Waals surface area contributed by atoms with Crippen molar-refractivity contribution >= 4 is 29.5 Å². The molecule has 11 heteroatoms. The highest BCUT2D eigenvalue weighted by Crippen LogP contribution is 2.18. The number of unbranched alkanes of at least 4 members (excludes halogenated alkanes) is 23. The first kappa shape index (κ1) is 51.4. The second-order valence-electron chi connectivity index (χ2n) is 15.4. The monoisotopic (exact) mass is 762 g/mol. The number of hydrogen-bond donors (Lipinski definition) is 6. The summed E-state index contributed by atoms with van der Waals surface area (Å²) in [6, 6.07) is -1.14. The van der Waals surface area contributed by atoms with Gasteiger partial charge in [-0.2, -0.15) is 0 Å². The number of hydrogen-bond acceptors (Lipinski definition) is 8. The minimum absolute atomic E-state index is 0.00581. The molecule has 0 saturated carbocycles. The second-order valence-corrected chi connectivity index (χ2v) is 15.4. The number of allylic oxidation sites excluding steroid dienone is 2. The van der Waals surface area contributed by atoms with E-state index in [1.54, 1.807) is 0 Å². The van der Waals surface area contributed by atoms with Gasteiger partial charge in [-0.05, 0) is 51.4 Å². The third kappa shape index (κ3) is 25.4. The van der Waals surface area contributed by atoms with Crippen LogP contribution in [0.1, 0.15) is 206 Å². The first-order valence-electron chi connectivity index (χ1n) is 22.0. The van der Waals surface area contributed by atoms with Crippen molar-refractivity contribution in [1.82, 2.24) is 10.2 Å². The molecular formula is C43H83N7O4. The molecule has 0 fully saturated rings. The molecule has 10 N–H and O–H groups in total. The molecule has 0 rings (SSSR count). The molecule has 0 aliphatic rings. The Bertz CT molecular complexity index is 1040. The van der Waals surface area contributed by atoms with Crippen molar-refractivity contribution in [3.63, 3.8) is 0 Å². The van der Waals surface area contributed by atoms with Crippen molar-refractivity contribution in [2.75, 3.05) is 13.1 Å². The van der Waals surface area contributed by atoms with Gasteiger partial charge < -0.3 is 28.3 Å². The Morgan fingerprint density at radius 2 is 1.00 bits per heavy atom. The van der Waals surface area contributed by atoms with Crippen LogP contribution in [-0.2, 0) is 19.2 Å². The van der Waals surface area contributed by atoms with E-state index in [1.165, 1.54) is 96.3 Å². The van der Waals surface area contributed by atoms with Gasteiger partial charge in [0.15, 0.2) is 17.3 Å². The summed E-state index contributed by atoms with van der Waals surface area (Å²) in [7, 11) is 0. The first-order chi connectivity index (χ1) is 26.1. The van der Waals surface area contributed by atoms with Crippen LogP contribution in [0.2, 0.25) is 0 Å². The van der Waals surface area contributed by atoms with Crippen LogP contribution in [0.5, 0.6) is 0 Å². The molecule has 0 aromatic rings. The summed E-state index contributed by atoms with van der Waals surface area (Å²) in [5, 5.41) is 9.91. The molecule has 0 heterocycles. The van der Waals surface area contributed by atoms with Gasteiger partial charge in [-0.25, -0.2) is 4.90 Å². The number of amides is 3. The highest BCUT2D eigenvalue weighted by atomic mass is 16.2. The van der Waals surface area contributed by atoms with Gasteiger partial charge in [-0.15, -0.1) is 0 Å². The summed E-state index contributed by atoms with van der Waals surface area (Å²) >= 11 is 0. The third-order valence-electron chi connectivity index (χ3n) is 10.3. The van der Waals surface area contributed by atoms with E-state index in [1.807, 2.05) is 0 Å². The highest BCUT2D eigenvalue weighted by molar-refractivity contribution is 6.22. The number of nitrogens with one attached hydrogen (secondary N) is 2. The molecule has 0 aliphatic carbocycles. The molecular weight excluding hydrogens is 679 g/mol. The van der Waals surface area contributed by atoms with Crippen molar-refractivity contribution in [1.29, 1.82) is 5.41 Å². The number of ketones is 1. The molecule has 0 bridgehead atoms. The van der Waals surface area contributed by atoms with Gasteiger partial charge in [0.05, 0.1) is 6.04 Å². The van der Waals surface area contributed by atoms with E-state index in [0.29, 0.717) is 30.7 Å². The number of rotatable bonds is 37. The summed E-state index contributed by atoms with van der Waals surface area (Å²) in [5.41, 5.74) is 21.4. The fourth-order valence-corrected chi connectivity index (χ4v) is 6.73. The van der Waals surface area contributed by atoms with Crippen LogP contribution < -0.4 is 28.3 Å². The molecule has 0 spiro atoms. The van der Waals surface area contributed by atoms with E-state index >= 15 is 0 Å². The molecule has 3 amide bonds. The summed E-state index contributed by atoms with van der Waals surface area (Å²) in [5.74, 6) is -3.40. The van der Waals surface area contributed by atoms with E-state index in [-0.39, 0.29) is 25.2 Å². The fourth-order valence-electron chi connectivity index (χ4n) is 6.73. The quantitative estimate of drug-likeness (QED) is 0.0118. The maximum absolute atomic E-state index is 13.9. The Morgan fingerprint density at radius 1 is 0.630 bits per heavy atom. The Balaban J connectivity index is 5.02. The summed E-state index contributed by atoms with van der Waals surface area (Å²) in [6.07, 6.45) is 34.5. The predicted octanol–water partition coefficient (Wildman–Crippen LogP) is 8.20. The summed E-state index contributed by atoms with van der Waals surface area (Å²) < 4.78 is 0. The second kappa shape index (κ2) is 34.8. The molecule has 0 aliphatic heterocycles. The van der Waals surface area contributed by atoms with Gasteiger partial charge in [0, 0.05) is 25.9 Å². The molecule has 314 valence electrons. The van der Waals surface area contributed by atoms with Crippen LogP contribution in [0.3, 0.4) is 0 Å². The molecule has 2 atom stereocenters. The number of carbonyl (C=O) groups is 4. The molecule has 54 heavy (non-hydrogen) atoms. The topological polar surface area (TPSA) is 211 Å². The molecule has 0 radical (unpaired) electrons. The summed E-state index contributed by atoms with van der Waals surface area (Å²) in [4.78, 5) is 54.9. The van der Waals surface area contributed by atoms with Crippen molar-refractivity contribution in [2.45, 2.75) is 218 Å². The fraction of sp³-hybridized carbons (Fsp3) is 0.837. The smallest absolute Gasteiger partial charge is 0.265 e. The molecule has 0 aromatic heterocycles. The van der Waals surface area contributed by atoms with Gasteiger partial charge in [-0.3, -0.25) is 24.6 Å². The zero-order valence-electron chi connectivity index (χ0n) is 34.7. The number of nitrogens with zero attached hydrogens (tertiary/aromatic N) is 1. The van der Waals surface area contributed by atoms with Gasteiger partial charge in [0.25, 0.3) is 5.91 Å². The number of Topliss-reactive ketones (excluding diaryl/α,β-unsaturated/α-hetero) is 1. The summed E-state index contributed by atoms with van der Waals surface area (Å²) in [6.45, 7) is 4.19. The predicted molar refractivity (Wildman–Crippen MR) is 225 cm³/mol. The van der Waals surface area contributed by atoms with E-state index < -0.39 is 41.6 Å². The largest absolute Gasteiger partial charge is 0.370 e. The van der Waals surface area contributed by atoms with Crippen molar-refractivity contribution in [3.05, 3.63) is 12.2 Å². The van der Waals surface area contributed by atoms with Crippen LogP contribution in [0.15, 0.2) is 12.2 Å². The zero-order valence-corrected chi connectivity index (χ0v) is 34.7. The number of nitrogens with two attached hydrogens (primary N) is 4. The van der Waals surface area contributed by atoms with Gasteiger partial charge in [0.2, 0.25) is 11.8 Å². The van der Waals surface area contributed by atoms with Crippen LogP contribution in [-0.4, -0.2) is 59.0 Å². The standard InChI is InChI=1S/C43H83N7O4/c1-3-5-7-9-11-13-15-17-18-20-22-24-26-28-30-34-39(52)50(38(51)33-29-27-25-23-21-19-16-14-12-10-8-6-4-2)41(54)43(48,36-44)40(53)37(45)32-31-35-49-42(46)47/h17-18,37H,3-16,19-36,44-45,48H2,1-2H3,(H4,46,47,49)/b18-17-/t37-,43?/m0/s1. The normalized spacial score (nSPS) is 13.1. The van der Waals surface area contributed by atoms with Crippen molar-refractivity contribution in [3.8, 4) is 0 Å². The number of carbonyl (C=O) groups excluding carboxylic acids is 4. The molecule has 0 aromatic carbocycles. The average Bonchev–Trinajstić information content (AvgIpc) is 3.15. The molecule has 0 saturated heterocycles. The van der Waals surface area contributed by atoms with E-state index in [4.69, 9.17) is 28.3 Å². The highest BCUT2D eigenvalue weighted by Gasteiger charge is 2.48. The lowest BCUT2D eigenvalue weighted by Crippen LogP contribution is -2.69. The van der Waals surface area contributed by atoms with Crippen molar-refractivity contribution in [2.24, 2.45) is 22.9 Å². The Hall–Kier alpha value is -2.63. The first-order valence-corrected chi connectivity index (χ1v) is 22.0. The molecule has 11 nitrogen and oxygen atoms in total. The van der Waals surface area contributed by atoms with Crippen LogP contribution in [0.4, 0.5) is 0 Å². The van der Waals surface area contributed by atoms with Crippen LogP contribution in [0, 0.1) is 5.41 Å². The lowest BCUT2D eigenvalue weighted by atomic mass is 9.87. The number of guanidine groups is 1. The zero-order chi connectivity index (χ0) is 40.3. The van der Waals surface area contributed by atoms with Crippen molar-refractivity contribution < 1.29 is 19.2 Å². The Kier molecular flexibility index (Phi) is 33.1. The Morgan fingerprint density at radius 3 is 1.37 bits per heavy atom.